The minimum absolute atomic E-state index is 0.0214. The summed E-state index contributed by atoms with van der Waals surface area (Å²) >= 11 is 0. The molecule has 0 aliphatic heterocycles. The quantitative estimate of drug-likeness (QED) is 0.197. The van der Waals surface area contributed by atoms with Crippen molar-refractivity contribution in [2.75, 3.05) is 0 Å². The van der Waals surface area contributed by atoms with E-state index in [0.29, 0.717) is 5.56 Å². The molecule has 9 rings (SSSR count). The summed E-state index contributed by atoms with van der Waals surface area (Å²) in [6, 6.07) is 23.9. The van der Waals surface area contributed by atoms with Crippen LogP contribution in [0.4, 0.5) is 0 Å². The number of furan rings is 1. The fourth-order valence-corrected chi connectivity index (χ4v) is 6.22. The summed E-state index contributed by atoms with van der Waals surface area (Å²) in [4.78, 5) is 0. The zero-order chi connectivity index (χ0) is 37.9. The Bertz CT molecular complexity index is 3040. The molecule has 0 aliphatic carbocycles. The van der Waals surface area contributed by atoms with E-state index in [1.54, 1.807) is 0 Å². The highest BCUT2D eigenvalue weighted by molar-refractivity contribution is 6.25. The lowest BCUT2D eigenvalue weighted by Crippen LogP contribution is -1.91. The predicted octanol–water partition coefficient (Wildman–Crippen LogP) is 12.0. The summed E-state index contributed by atoms with van der Waals surface area (Å²) in [7, 11) is 0. The molecular weight excluding hydrogens is 520 g/mol. The highest BCUT2D eigenvalue weighted by atomic mass is 16.3. The first kappa shape index (κ1) is 15.5. The van der Waals surface area contributed by atoms with Crippen LogP contribution in [0.25, 0.3) is 87.6 Å². The molecule has 0 bridgehead atoms. The third kappa shape index (κ3) is 3.65. The maximum Gasteiger partial charge on any atom is 0.143 e. The van der Waals surface area contributed by atoms with E-state index in [1.807, 2.05) is 66.7 Å². The van der Waals surface area contributed by atoms with Gasteiger partial charge in [0.2, 0.25) is 0 Å². The molecular formula is C42H26O. The van der Waals surface area contributed by atoms with E-state index in [-0.39, 0.29) is 39.1 Å². The molecule has 8 aromatic carbocycles. The van der Waals surface area contributed by atoms with Gasteiger partial charge in [-0.2, -0.15) is 0 Å². The summed E-state index contributed by atoms with van der Waals surface area (Å²) in [5.41, 5.74) is 1.64. The fourth-order valence-electron chi connectivity index (χ4n) is 6.22. The Hall–Kier alpha value is -5.66. The molecule has 1 heterocycles. The van der Waals surface area contributed by atoms with Gasteiger partial charge in [0.1, 0.15) is 11.2 Å². The van der Waals surface area contributed by atoms with Gasteiger partial charge >= 0.3 is 0 Å². The lowest BCUT2D eigenvalue weighted by atomic mass is 9.84. The molecule has 0 fully saturated rings. The topological polar surface area (TPSA) is 13.1 Å². The van der Waals surface area contributed by atoms with Crippen molar-refractivity contribution in [2.45, 2.75) is 0 Å². The van der Waals surface area contributed by atoms with Crippen LogP contribution < -0.4 is 0 Å². The van der Waals surface area contributed by atoms with Gasteiger partial charge in [-0.05, 0) is 66.7 Å². The summed E-state index contributed by atoms with van der Waals surface area (Å²) in [5, 5.41) is 5.23. The summed E-state index contributed by atoms with van der Waals surface area (Å²) in [6.07, 6.45) is 0. The smallest absolute Gasteiger partial charge is 0.143 e. The van der Waals surface area contributed by atoms with Crippen LogP contribution in [0, 0.1) is 0 Å². The highest BCUT2D eigenvalue weighted by Gasteiger charge is 2.21. The van der Waals surface area contributed by atoms with Crippen molar-refractivity contribution in [1.82, 2.24) is 0 Å². The third-order valence-corrected chi connectivity index (χ3v) is 8.05. The second-order valence-corrected chi connectivity index (χ2v) is 10.4. The molecule has 0 saturated heterocycles. The van der Waals surface area contributed by atoms with Crippen molar-refractivity contribution >= 4 is 54.3 Å². The van der Waals surface area contributed by atoms with Crippen molar-refractivity contribution in [1.29, 1.82) is 0 Å². The third-order valence-electron chi connectivity index (χ3n) is 8.05. The van der Waals surface area contributed by atoms with Crippen molar-refractivity contribution in [3.8, 4) is 33.4 Å². The zero-order valence-corrected chi connectivity index (χ0v) is 22.6. The molecule has 0 N–H and O–H groups in total. The summed E-state index contributed by atoms with van der Waals surface area (Å²) in [6.45, 7) is 0. The van der Waals surface area contributed by atoms with Crippen LogP contribution in [0.5, 0.6) is 0 Å². The minimum Gasteiger partial charge on any atom is -0.455 e. The first-order chi connectivity index (χ1) is 25.9. The van der Waals surface area contributed by atoms with Gasteiger partial charge in [0.15, 0.2) is 0 Å². The predicted molar refractivity (Wildman–Crippen MR) is 183 cm³/mol. The van der Waals surface area contributed by atoms with E-state index >= 15 is 0 Å². The average Bonchev–Trinajstić information content (AvgIpc) is 3.59. The van der Waals surface area contributed by atoms with Gasteiger partial charge in [0.25, 0.3) is 0 Å². The van der Waals surface area contributed by atoms with E-state index in [4.69, 9.17) is 16.8 Å². The van der Waals surface area contributed by atoms with Crippen LogP contribution in [0.15, 0.2) is 162 Å². The standard InChI is InChI=1S/C42H26O/c1-2-12-27(13-3-1)29-24-25-31-37-22-11-23-38(42(37)43-39(31)26-29)41-35-19-8-6-17-33(35)40(34-18-7-9-20-36(34)41)32-21-10-15-28-14-4-5-16-30(28)32/h1-26H/i1D,2D,3D,11D,12D,13D,22D,23D,24D,25D,26D. The van der Waals surface area contributed by atoms with E-state index in [0.717, 1.165) is 43.4 Å². The number of hydrogen-bond acceptors (Lipinski definition) is 1. The summed E-state index contributed by atoms with van der Waals surface area (Å²) < 4.78 is 103. The van der Waals surface area contributed by atoms with Gasteiger partial charge in [0.05, 0.1) is 15.1 Å². The van der Waals surface area contributed by atoms with Gasteiger partial charge < -0.3 is 4.42 Å². The van der Waals surface area contributed by atoms with Gasteiger partial charge in [-0.1, -0.05) is 145 Å². The molecule has 1 aromatic heterocycles. The van der Waals surface area contributed by atoms with E-state index < -0.39 is 66.0 Å². The highest BCUT2D eigenvalue weighted by Crippen LogP contribution is 2.47. The largest absolute Gasteiger partial charge is 0.455 e. The van der Waals surface area contributed by atoms with E-state index in [2.05, 4.69) is 24.3 Å². The first-order valence-electron chi connectivity index (χ1n) is 19.4. The molecule has 0 radical (unpaired) electrons. The minimum atomic E-state index is -0.653. The van der Waals surface area contributed by atoms with E-state index in [9.17, 15) is 2.74 Å². The molecule has 0 unspecified atom stereocenters. The van der Waals surface area contributed by atoms with E-state index in [1.165, 1.54) is 0 Å². The van der Waals surface area contributed by atoms with Crippen LogP contribution in [0.3, 0.4) is 0 Å². The Morgan fingerprint density at radius 1 is 0.419 bits per heavy atom. The Balaban J connectivity index is 1.46. The SMILES string of the molecule is [2H]c1c([2H])c([2H])c(-c2c([2H])c([2H])c3c(oc4c(-c5c6ccccc6c(-c6cccc7ccccc67)c6ccccc56)c([2H])c([2H])c([2H])c43)c2[2H])c([2H])c1[2H]. The number of benzene rings is 8. The second-order valence-electron chi connectivity index (χ2n) is 10.4. The molecule has 9 aromatic rings. The molecule has 0 amide bonds. The Morgan fingerprint density at radius 2 is 1.05 bits per heavy atom. The van der Waals surface area contributed by atoms with Crippen LogP contribution in [0.2, 0.25) is 0 Å². The Morgan fingerprint density at radius 3 is 1.77 bits per heavy atom. The Labute approximate surface area is 264 Å². The monoisotopic (exact) mass is 557 g/mol. The fraction of sp³-hybridized carbons (Fsp3) is 0. The number of hydrogen-bond donors (Lipinski definition) is 0. The van der Waals surface area contributed by atoms with Crippen molar-refractivity contribution in [2.24, 2.45) is 0 Å². The first-order valence-corrected chi connectivity index (χ1v) is 13.9. The van der Waals surface area contributed by atoms with Crippen LogP contribution in [0.1, 0.15) is 15.1 Å². The molecule has 0 spiro atoms. The van der Waals surface area contributed by atoms with Crippen LogP contribution in [-0.2, 0) is 0 Å². The van der Waals surface area contributed by atoms with Gasteiger partial charge in [-0.25, -0.2) is 0 Å². The molecule has 43 heavy (non-hydrogen) atoms. The van der Waals surface area contributed by atoms with Crippen molar-refractivity contribution < 1.29 is 19.5 Å². The van der Waals surface area contributed by atoms with Gasteiger partial charge in [-0.15, -0.1) is 0 Å². The van der Waals surface area contributed by atoms with Crippen molar-refractivity contribution in [3.63, 3.8) is 0 Å². The molecule has 0 saturated carbocycles. The van der Waals surface area contributed by atoms with Crippen LogP contribution >= 0.6 is 0 Å². The molecule has 200 valence electrons. The number of para-hydroxylation sites is 1. The number of rotatable bonds is 3. The normalized spacial score (nSPS) is 15.3. The summed E-state index contributed by atoms with van der Waals surface area (Å²) in [5.74, 6) is 0. The number of fused-ring (bicyclic) bond motifs is 6. The lowest BCUT2D eigenvalue weighted by Gasteiger charge is -2.18. The lowest BCUT2D eigenvalue weighted by molar-refractivity contribution is 0.670. The molecule has 0 aliphatic rings. The van der Waals surface area contributed by atoms with Gasteiger partial charge in [-0.3, -0.25) is 0 Å². The van der Waals surface area contributed by atoms with Crippen molar-refractivity contribution in [3.05, 3.63) is 157 Å². The van der Waals surface area contributed by atoms with Gasteiger partial charge in [0, 0.05) is 21.9 Å². The maximum atomic E-state index is 9.35. The maximum absolute atomic E-state index is 9.35. The van der Waals surface area contributed by atoms with Crippen LogP contribution in [-0.4, -0.2) is 0 Å². The second kappa shape index (κ2) is 9.44. The molecule has 0 atom stereocenters. The molecule has 1 heteroatoms. The zero-order valence-electron chi connectivity index (χ0n) is 33.6. The average molecular weight is 558 g/mol. The molecule has 1 nitrogen and oxygen atoms in total. The Kier molecular flexibility index (Phi) is 3.41.